The van der Waals surface area contributed by atoms with Crippen LogP contribution in [0.3, 0.4) is 0 Å². The summed E-state index contributed by atoms with van der Waals surface area (Å²) >= 11 is 0. The van der Waals surface area contributed by atoms with E-state index in [9.17, 15) is 5.11 Å². The summed E-state index contributed by atoms with van der Waals surface area (Å²) in [5.41, 5.74) is 9.86. The number of hydrogen-bond donors (Lipinski definition) is 1. The molecule has 8 nitrogen and oxygen atoms in total. The molecule has 2 N–H and O–H groups in total. The van der Waals surface area contributed by atoms with Gasteiger partial charge in [-0.2, -0.15) is 0 Å². The van der Waals surface area contributed by atoms with Gasteiger partial charge in [-0.25, -0.2) is 0 Å². The predicted octanol–water partition coefficient (Wildman–Crippen LogP) is 3.27. The second kappa shape index (κ2) is 21.1. The van der Waals surface area contributed by atoms with Crippen molar-refractivity contribution in [3.05, 3.63) is 65.4 Å². The van der Waals surface area contributed by atoms with Crippen molar-refractivity contribution in [2.24, 2.45) is 0 Å². The first-order valence-corrected chi connectivity index (χ1v) is 10.4. The molecule has 2 aromatic carbocycles. The average Bonchev–Trinajstić information content (AvgIpc) is 2.89. The van der Waals surface area contributed by atoms with E-state index in [4.69, 9.17) is 24.9 Å². The topological polar surface area (TPSA) is 111 Å². The Morgan fingerprint density at radius 3 is 2.12 bits per heavy atom. The van der Waals surface area contributed by atoms with Crippen LogP contribution in [0.1, 0.15) is 29.9 Å². The third kappa shape index (κ3) is 11.1. The summed E-state index contributed by atoms with van der Waals surface area (Å²) in [5, 5.41) is 10.0. The fourth-order valence-electron chi connectivity index (χ4n) is 3.92. The molecule has 1 heterocycles. The van der Waals surface area contributed by atoms with Crippen molar-refractivity contribution in [1.82, 2.24) is 9.80 Å². The smallest absolute Gasteiger partial charge is 0.122 e. The molecule has 0 atom stereocenters. The fourth-order valence-corrected chi connectivity index (χ4v) is 3.92. The van der Waals surface area contributed by atoms with Crippen molar-refractivity contribution in [1.29, 1.82) is 0 Å². The summed E-state index contributed by atoms with van der Waals surface area (Å²) in [6.07, 6.45) is 2.23. The summed E-state index contributed by atoms with van der Waals surface area (Å²) < 4.78 is 5.53. The van der Waals surface area contributed by atoms with Crippen LogP contribution in [0.4, 0.5) is 0 Å². The van der Waals surface area contributed by atoms with Gasteiger partial charge in [0.15, 0.2) is 0 Å². The van der Waals surface area contributed by atoms with Crippen LogP contribution in [0.2, 0.25) is 0 Å². The molecule has 0 saturated carbocycles. The van der Waals surface area contributed by atoms with Crippen molar-refractivity contribution in [3.8, 4) is 11.5 Å². The normalized spacial score (nSPS) is 13.0. The Hall–Kier alpha value is -2.41. The molecule has 1 aliphatic rings. The van der Waals surface area contributed by atoms with Gasteiger partial charge < -0.3 is 30.0 Å². The molecule has 0 bridgehead atoms. The maximum Gasteiger partial charge on any atom is 0.122 e. The molecule has 9 heteroatoms. The van der Waals surface area contributed by atoms with Crippen molar-refractivity contribution in [2.45, 2.75) is 25.3 Å². The molecule has 1 aliphatic heterocycles. The van der Waals surface area contributed by atoms with E-state index >= 15 is 0 Å². The van der Waals surface area contributed by atoms with Crippen LogP contribution in [0.25, 0.3) is 5.73 Å². The first-order chi connectivity index (χ1) is 16.2. The zero-order valence-corrected chi connectivity index (χ0v) is 22.2. The van der Waals surface area contributed by atoms with Crippen molar-refractivity contribution < 1.29 is 44.6 Å². The van der Waals surface area contributed by atoms with Gasteiger partial charge in [0.1, 0.15) is 11.5 Å². The Morgan fingerprint density at radius 2 is 1.56 bits per heavy atom. The van der Waals surface area contributed by atoms with E-state index in [1.54, 1.807) is 13.2 Å². The molecule has 34 heavy (non-hydrogen) atoms. The number of methoxy groups -OCH3 is 1. The molecule has 0 unspecified atom stereocenters. The molecular weight excluding hydrogens is 608 g/mol. The number of piperidine rings is 1. The van der Waals surface area contributed by atoms with Gasteiger partial charge in [0, 0.05) is 32.5 Å². The second-order valence-corrected chi connectivity index (χ2v) is 7.21. The standard InChI is InChI=1S/C22H30N3O2.3CHO.Re/c1-27-22-9-5-3-7-20(22)18-10-13-24(14-11-18)17-25(15-12-23)16-19-6-2-4-8-21(19)26;3*1-2;/h2-9,18,23,26H,10-17H2,1H3;3*1H;/q4*-1;. The van der Waals surface area contributed by atoms with Gasteiger partial charge >= 0.3 is 0 Å². The molecule has 3 rings (SSSR count). The molecule has 0 aliphatic carbocycles. The Morgan fingerprint density at radius 1 is 1.00 bits per heavy atom. The van der Waals surface area contributed by atoms with Crippen molar-refractivity contribution in [2.75, 3.05) is 40.0 Å². The first-order valence-electron chi connectivity index (χ1n) is 10.4. The largest absolute Gasteiger partial charge is 0.676 e. The molecule has 2 aromatic rings. The minimum Gasteiger partial charge on any atom is -0.676 e. The number of para-hydroxylation sites is 2. The van der Waals surface area contributed by atoms with E-state index < -0.39 is 0 Å². The Bertz CT molecular complexity index is 771. The number of rotatable bonds is 8. The summed E-state index contributed by atoms with van der Waals surface area (Å²) in [4.78, 5) is 28.0. The SMILES string of the molecule is COc1ccccc1C1CCN(CN(CC[NH-])Cc2ccccc2O)CC1.[CH-]=O.[CH-]=O.[CH-]=O.[Re]. The van der Waals surface area contributed by atoms with Crippen LogP contribution < -0.4 is 4.74 Å². The quantitative estimate of drug-likeness (QED) is 0.348. The molecular formula is C25H33N3O5Re-4. The number of nitrogens with one attached hydrogen (secondary N) is 1. The summed E-state index contributed by atoms with van der Waals surface area (Å²) in [7, 11) is 1.74. The Labute approximate surface area is 216 Å². The van der Waals surface area contributed by atoms with E-state index in [0.717, 1.165) is 43.9 Å². The number of phenols is 1. The fraction of sp³-hybridized carbons (Fsp3) is 0.400. The molecule has 1 fully saturated rings. The van der Waals surface area contributed by atoms with Crippen LogP contribution in [0.15, 0.2) is 48.5 Å². The van der Waals surface area contributed by atoms with Crippen molar-refractivity contribution >= 4 is 20.4 Å². The number of hydrogen-bond acceptors (Lipinski definition) is 7. The number of carbonyl (C=O) groups excluding carboxylic acids is 3. The third-order valence-corrected chi connectivity index (χ3v) is 5.38. The van der Waals surface area contributed by atoms with E-state index in [1.165, 1.54) is 5.56 Å². The number of likely N-dealkylation sites (tertiary alicyclic amines) is 1. The van der Waals surface area contributed by atoms with E-state index in [0.29, 0.717) is 31.3 Å². The summed E-state index contributed by atoms with van der Waals surface area (Å²) in [5.74, 6) is 1.87. The molecule has 1 saturated heterocycles. The average molecular weight is 642 g/mol. The number of aromatic hydroxyl groups is 1. The van der Waals surface area contributed by atoms with Crippen LogP contribution in [0, 0.1) is 0 Å². The van der Waals surface area contributed by atoms with Gasteiger partial charge in [-0.15, -0.1) is 6.54 Å². The molecule has 0 amide bonds. The van der Waals surface area contributed by atoms with Crippen LogP contribution in [-0.2, 0) is 41.4 Å². The van der Waals surface area contributed by atoms with Gasteiger partial charge in [0.25, 0.3) is 0 Å². The zero-order chi connectivity index (χ0) is 25.1. The molecule has 0 spiro atoms. The third-order valence-electron chi connectivity index (χ3n) is 5.38. The van der Waals surface area contributed by atoms with Gasteiger partial charge in [0.2, 0.25) is 0 Å². The number of phenolic OH excluding ortho intramolecular Hbond substituents is 1. The minimum atomic E-state index is 0. The Kier molecular flexibility index (Phi) is 21.0. The predicted molar refractivity (Wildman–Crippen MR) is 129 cm³/mol. The van der Waals surface area contributed by atoms with Crippen LogP contribution in [-0.4, -0.2) is 75.2 Å². The number of ether oxygens (including phenoxy) is 1. The monoisotopic (exact) mass is 642 g/mol. The van der Waals surface area contributed by atoms with Crippen LogP contribution >= 0.6 is 0 Å². The van der Waals surface area contributed by atoms with Crippen molar-refractivity contribution in [3.63, 3.8) is 0 Å². The minimum absolute atomic E-state index is 0. The van der Waals surface area contributed by atoms with E-state index in [1.807, 2.05) is 30.3 Å². The molecule has 0 aromatic heterocycles. The number of benzene rings is 2. The van der Waals surface area contributed by atoms with E-state index in [2.05, 4.69) is 42.3 Å². The van der Waals surface area contributed by atoms with Gasteiger partial charge in [0.05, 0.1) is 13.8 Å². The van der Waals surface area contributed by atoms with E-state index in [-0.39, 0.29) is 20.4 Å². The summed E-state index contributed by atoms with van der Waals surface area (Å²) in [6.45, 7) is 14.4. The zero-order valence-electron chi connectivity index (χ0n) is 19.4. The molecule has 189 valence electrons. The van der Waals surface area contributed by atoms with Gasteiger partial charge in [-0.1, -0.05) is 36.4 Å². The molecule has 1 radical (unpaired) electrons. The number of nitrogens with zero attached hydrogens (tertiary/aromatic N) is 2. The maximum absolute atomic E-state index is 10.0. The van der Waals surface area contributed by atoms with Gasteiger partial charge in [-0.05, 0) is 56.1 Å². The Balaban J connectivity index is 0. The maximum atomic E-state index is 10.0. The van der Waals surface area contributed by atoms with Gasteiger partial charge in [-0.3, -0.25) is 30.2 Å². The van der Waals surface area contributed by atoms with Crippen LogP contribution in [0.5, 0.6) is 11.5 Å². The summed E-state index contributed by atoms with van der Waals surface area (Å²) in [6, 6.07) is 15.8. The first kappa shape index (κ1) is 33.8. The second-order valence-electron chi connectivity index (χ2n) is 7.21.